The fraction of sp³-hybridized carbons (Fsp3) is 0.380. The molecule has 0 saturated carbocycles. The zero-order valence-electron chi connectivity index (χ0n) is 37.6. The molecular weight excluding hydrogens is 939 g/mol. The Labute approximate surface area is 402 Å². The van der Waals surface area contributed by atoms with Gasteiger partial charge in [-0.15, -0.1) is 11.8 Å². The van der Waals surface area contributed by atoms with Crippen LogP contribution >= 0.6 is 23.4 Å². The molecule has 7 rings (SSSR count). The van der Waals surface area contributed by atoms with Gasteiger partial charge in [0.25, 0.3) is 25.8 Å². The van der Waals surface area contributed by atoms with Crippen LogP contribution in [-0.2, 0) is 26.4 Å². The summed E-state index contributed by atoms with van der Waals surface area (Å²) in [6.07, 6.45) is 3.77. The van der Waals surface area contributed by atoms with Gasteiger partial charge in [-0.05, 0) is 134 Å². The largest absolute Gasteiger partial charge is 0.501 e. The first kappa shape index (κ1) is 50.3. The predicted octanol–water partition coefficient (Wildman–Crippen LogP) is 10.5. The van der Waals surface area contributed by atoms with Crippen LogP contribution < -0.4 is 14.9 Å². The van der Waals surface area contributed by atoms with Gasteiger partial charge >= 0.3 is 5.51 Å². The summed E-state index contributed by atoms with van der Waals surface area (Å²) in [6, 6.07) is 33.9. The van der Waals surface area contributed by atoms with Gasteiger partial charge in [0.2, 0.25) is 0 Å². The molecule has 2 heterocycles. The van der Waals surface area contributed by atoms with Crippen LogP contribution in [0.3, 0.4) is 0 Å². The summed E-state index contributed by atoms with van der Waals surface area (Å²) < 4.78 is 98.3. The second-order valence-electron chi connectivity index (χ2n) is 17.7. The van der Waals surface area contributed by atoms with Gasteiger partial charge in [-0.25, -0.2) is 21.6 Å². The molecule has 1 amide bonds. The zero-order valence-corrected chi connectivity index (χ0v) is 40.8. The van der Waals surface area contributed by atoms with Crippen molar-refractivity contribution < 1.29 is 34.8 Å². The summed E-state index contributed by atoms with van der Waals surface area (Å²) >= 11 is 7.60. The lowest BCUT2D eigenvalue weighted by Crippen LogP contribution is -2.46. The Balaban J connectivity index is 1.01. The number of nitrogens with zero attached hydrogens (tertiary/aromatic N) is 3. The monoisotopic (exact) mass is 995 g/mol. The van der Waals surface area contributed by atoms with Crippen molar-refractivity contribution in [2.24, 2.45) is 11.8 Å². The molecule has 5 aromatic rings. The Hall–Kier alpha value is -4.58. The van der Waals surface area contributed by atoms with E-state index in [0.717, 1.165) is 85.8 Å². The van der Waals surface area contributed by atoms with Crippen LogP contribution in [0.4, 0.5) is 24.5 Å². The molecule has 10 nitrogen and oxygen atoms in total. The molecule has 2 aliphatic heterocycles. The Morgan fingerprint density at radius 2 is 1.45 bits per heavy atom. The van der Waals surface area contributed by atoms with E-state index in [9.17, 15) is 34.8 Å². The number of benzene rings is 5. The van der Waals surface area contributed by atoms with Crippen LogP contribution in [0.1, 0.15) is 55.5 Å². The lowest BCUT2D eigenvalue weighted by atomic mass is 9.88. The molecule has 2 saturated heterocycles. The summed E-state index contributed by atoms with van der Waals surface area (Å²) in [7, 11) is -10.9. The smallest absolute Gasteiger partial charge is 0.380 e. The van der Waals surface area contributed by atoms with Gasteiger partial charge in [0.05, 0.1) is 10.6 Å². The number of alkyl halides is 3. The van der Waals surface area contributed by atoms with Gasteiger partial charge in [-0.1, -0.05) is 80.0 Å². The third-order valence-corrected chi connectivity index (χ3v) is 16.7. The number of sulfone groups is 1. The van der Waals surface area contributed by atoms with Crippen LogP contribution in [0.15, 0.2) is 136 Å². The number of thioether (sulfide) groups is 1. The molecule has 0 bridgehead atoms. The van der Waals surface area contributed by atoms with E-state index in [2.05, 4.69) is 46.0 Å². The lowest BCUT2D eigenvalue weighted by molar-refractivity contribution is -0.0435. The summed E-state index contributed by atoms with van der Waals surface area (Å²) in [5, 5.41) is 3.73. The number of piperazine rings is 1. The van der Waals surface area contributed by atoms with E-state index in [4.69, 9.17) is 11.6 Å². The quantitative estimate of drug-likeness (QED) is 0.0822. The number of amides is 1. The number of carbonyl (C=O) groups excluding carboxylic acids is 1. The van der Waals surface area contributed by atoms with E-state index in [1.165, 1.54) is 29.5 Å². The lowest BCUT2D eigenvalue weighted by Gasteiger charge is -2.36. The molecule has 17 heteroatoms. The van der Waals surface area contributed by atoms with Crippen molar-refractivity contribution in [1.29, 1.82) is 0 Å². The number of sulfonamides is 1. The first-order chi connectivity index (χ1) is 31.9. The van der Waals surface area contributed by atoms with Gasteiger partial charge in [-0.2, -0.15) is 13.2 Å². The van der Waals surface area contributed by atoms with E-state index in [1.807, 2.05) is 71.5 Å². The molecule has 5 aromatic carbocycles. The number of likely N-dealkylation sites (tertiary alicyclic amines) is 1. The Morgan fingerprint density at radius 3 is 2.10 bits per heavy atom. The first-order valence-electron chi connectivity index (χ1n) is 22.6. The minimum Gasteiger partial charge on any atom is -0.380 e. The molecule has 0 radical (unpaired) electrons. The van der Waals surface area contributed by atoms with E-state index in [0.29, 0.717) is 54.7 Å². The minimum absolute atomic E-state index is 0.00547. The minimum atomic E-state index is -6.05. The Kier molecular flexibility index (Phi) is 16.7. The second-order valence-corrected chi connectivity index (χ2v) is 22.8. The number of anilines is 2. The number of halogens is 4. The van der Waals surface area contributed by atoms with E-state index in [1.54, 1.807) is 12.1 Å². The molecule has 1 atom stereocenters. The molecule has 0 spiro atoms. The number of rotatable bonds is 18. The fourth-order valence-electron chi connectivity index (χ4n) is 8.76. The average molecular weight is 997 g/mol. The molecule has 2 aliphatic rings. The normalized spacial score (nSPS) is 16.3. The highest BCUT2D eigenvalue weighted by Gasteiger charge is 2.48. The zero-order chi connectivity index (χ0) is 47.8. The topological polar surface area (TPSA) is 119 Å². The summed E-state index contributed by atoms with van der Waals surface area (Å²) in [4.78, 5) is 19.1. The van der Waals surface area contributed by atoms with E-state index < -0.39 is 47.1 Å². The maximum absolute atomic E-state index is 14.3. The standard InChI is InChI=1S/C50H57ClF3N5O5S3/c1-36(2)32-37-22-25-57(26-23-37)27-24-42(35-65-44-9-4-3-5-10-44)55-47-21-20-45(33-48(47)66(61,62)50(52,53)54)67(63,64)56-49(60)39-14-18-43(19-15-39)59-30-28-58(29-31-59)34-40-8-6-7-11-46(40)38-12-16-41(51)17-13-38/h3-21,33,36-37,42,55H,22-32,34-35H2,1-2H3,(H,56,60)/t42-/m1/s1. The number of nitrogens with one attached hydrogen (secondary N) is 2. The average Bonchev–Trinajstić information content (AvgIpc) is 3.31. The van der Waals surface area contributed by atoms with Crippen molar-refractivity contribution in [2.45, 2.75) is 72.3 Å². The molecule has 2 fully saturated rings. The molecule has 0 aromatic heterocycles. The van der Waals surface area contributed by atoms with Crippen LogP contribution in [0.5, 0.6) is 0 Å². The number of carbonyl (C=O) groups is 1. The van der Waals surface area contributed by atoms with Crippen molar-refractivity contribution in [3.05, 3.63) is 137 Å². The highest BCUT2D eigenvalue weighted by atomic mass is 35.5. The van der Waals surface area contributed by atoms with Crippen molar-refractivity contribution in [3.8, 4) is 11.1 Å². The molecule has 358 valence electrons. The third-order valence-electron chi connectivity index (χ3n) is 12.4. The Morgan fingerprint density at radius 1 is 0.791 bits per heavy atom. The van der Waals surface area contributed by atoms with Crippen molar-refractivity contribution in [3.63, 3.8) is 0 Å². The van der Waals surface area contributed by atoms with Crippen LogP contribution in [0.2, 0.25) is 5.02 Å². The first-order valence-corrected chi connectivity index (χ1v) is 26.9. The maximum Gasteiger partial charge on any atom is 0.501 e. The number of hydrogen-bond acceptors (Lipinski definition) is 10. The summed E-state index contributed by atoms with van der Waals surface area (Å²) in [5.41, 5.74) is -1.86. The highest BCUT2D eigenvalue weighted by Crippen LogP contribution is 2.37. The van der Waals surface area contributed by atoms with Gasteiger partial charge < -0.3 is 15.1 Å². The van der Waals surface area contributed by atoms with Gasteiger partial charge in [0.15, 0.2) is 0 Å². The molecule has 2 N–H and O–H groups in total. The van der Waals surface area contributed by atoms with Crippen molar-refractivity contribution in [2.75, 3.05) is 61.8 Å². The SMILES string of the molecule is CC(C)CC1CCN(CC[C@H](CSc2ccccc2)Nc2ccc(S(=O)(=O)NC(=O)c3ccc(N4CCN(Cc5ccccc5-c5ccc(Cl)cc5)CC4)cc3)cc2S(=O)(=O)C(F)(F)F)CC1. The molecule has 0 aliphatic carbocycles. The number of hydrogen-bond donors (Lipinski definition) is 2. The summed E-state index contributed by atoms with van der Waals surface area (Å²) in [6.45, 7) is 10.6. The van der Waals surface area contributed by atoms with Crippen LogP contribution in [0, 0.1) is 11.8 Å². The van der Waals surface area contributed by atoms with Gasteiger partial charge in [0, 0.05) is 72.2 Å². The highest BCUT2D eigenvalue weighted by molar-refractivity contribution is 7.99. The van der Waals surface area contributed by atoms with Crippen molar-refractivity contribution >= 4 is 60.5 Å². The van der Waals surface area contributed by atoms with E-state index >= 15 is 0 Å². The van der Waals surface area contributed by atoms with Crippen LogP contribution in [-0.4, -0.2) is 95.7 Å². The second kappa shape index (κ2) is 22.2. The van der Waals surface area contributed by atoms with E-state index in [-0.39, 0.29) is 11.3 Å². The van der Waals surface area contributed by atoms with Gasteiger partial charge in [0.1, 0.15) is 4.90 Å². The third kappa shape index (κ3) is 13.4. The van der Waals surface area contributed by atoms with Crippen molar-refractivity contribution in [1.82, 2.24) is 14.5 Å². The molecule has 67 heavy (non-hydrogen) atoms. The number of piperidine rings is 1. The van der Waals surface area contributed by atoms with Crippen LogP contribution in [0.25, 0.3) is 11.1 Å². The molecular formula is C50H57ClF3N5O5S3. The van der Waals surface area contributed by atoms with Gasteiger partial charge in [-0.3, -0.25) is 9.69 Å². The maximum atomic E-state index is 14.3. The predicted molar refractivity (Wildman–Crippen MR) is 263 cm³/mol. The fourth-order valence-corrected chi connectivity index (χ4v) is 11.9. The Bertz CT molecular complexity index is 2660. The summed E-state index contributed by atoms with van der Waals surface area (Å²) in [5.74, 6) is 0.629. The molecule has 0 unspecified atom stereocenters.